The van der Waals surface area contributed by atoms with Gasteiger partial charge in [0.1, 0.15) is 18.0 Å². The topological polar surface area (TPSA) is 116 Å². The number of hydrogen-bond acceptors (Lipinski definition) is 6. The van der Waals surface area contributed by atoms with Gasteiger partial charge in [-0.3, -0.25) is 14.9 Å². The van der Waals surface area contributed by atoms with Gasteiger partial charge in [-0.15, -0.1) is 0 Å². The van der Waals surface area contributed by atoms with Crippen LogP contribution in [-0.4, -0.2) is 65.9 Å². The molecule has 4 amide bonds. The standard InChI is InChI=1S/C28H31FN6O4/c1-34-14-11-21(12-15-34)35(2)28(38)33-25-17-22(10-13-30-25)39-24-9-8-20(16-23(24)29)32-27(37)18-26(36)31-19-6-4-3-5-7-19/h3-10,13,16-17,21H,11-12,14-15,18H2,1-2H3,(H,31,36)(H,32,37)(H,30,33,38). The van der Waals surface area contributed by atoms with E-state index in [2.05, 4.69) is 32.9 Å². The molecule has 0 aliphatic carbocycles. The van der Waals surface area contributed by atoms with Crippen LogP contribution in [0, 0.1) is 5.82 Å². The number of nitrogens with one attached hydrogen (secondary N) is 3. The molecule has 0 atom stereocenters. The molecule has 1 aliphatic rings. The maximum Gasteiger partial charge on any atom is 0.323 e. The van der Waals surface area contributed by atoms with Gasteiger partial charge in [0.05, 0.1) is 0 Å². The van der Waals surface area contributed by atoms with Crippen molar-refractivity contribution in [1.29, 1.82) is 0 Å². The number of amides is 4. The first kappa shape index (κ1) is 27.5. The molecule has 3 N–H and O–H groups in total. The van der Waals surface area contributed by atoms with Crippen LogP contribution in [0.5, 0.6) is 11.5 Å². The average molecular weight is 535 g/mol. The number of likely N-dealkylation sites (tertiary alicyclic amines) is 1. The van der Waals surface area contributed by atoms with E-state index < -0.39 is 24.1 Å². The molecule has 2 heterocycles. The van der Waals surface area contributed by atoms with Crippen LogP contribution in [0.2, 0.25) is 0 Å². The largest absolute Gasteiger partial charge is 0.454 e. The smallest absolute Gasteiger partial charge is 0.323 e. The second kappa shape index (κ2) is 12.8. The molecule has 0 radical (unpaired) electrons. The summed E-state index contributed by atoms with van der Waals surface area (Å²) in [5.41, 5.74) is 0.753. The number of nitrogens with zero attached hydrogens (tertiary/aromatic N) is 3. The minimum absolute atomic E-state index is 0.0817. The molecule has 39 heavy (non-hydrogen) atoms. The number of ether oxygens (including phenoxy) is 1. The molecule has 1 aromatic heterocycles. The molecule has 0 bridgehead atoms. The van der Waals surface area contributed by atoms with E-state index in [1.807, 2.05) is 6.07 Å². The molecule has 11 heteroatoms. The molecule has 1 fully saturated rings. The number of para-hydroxylation sites is 1. The van der Waals surface area contributed by atoms with E-state index in [0.717, 1.165) is 32.0 Å². The highest BCUT2D eigenvalue weighted by Crippen LogP contribution is 2.28. The zero-order chi connectivity index (χ0) is 27.8. The molecular formula is C28H31FN6O4. The third-order valence-corrected chi connectivity index (χ3v) is 6.34. The van der Waals surface area contributed by atoms with Crippen LogP contribution >= 0.6 is 0 Å². The SMILES string of the molecule is CN1CCC(N(C)C(=O)Nc2cc(Oc3ccc(NC(=O)CC(=O)Nc4ccccc4)cc3F)ccn2)CC1. The number of halogens is 1. The average Bonchev–Trinajstić information content (AvgIpc) is 2.91. The first-order valence-corrected chi connectivity index (χ1v) is 12.6. The number of piperidine rings is 1. The monoisotopic (exact) mass is 534 g/mol. The Bertz CT molecular complexity index is 1310. The fourth-order valence-corrected chi connectivity index (χ4v) is 4.15. The molecule has 1 aliphatic heterocycles. The van der Waals surface area contributed by atoms with Gasteiger partial charge in [0.2, 0.25) is 11.8 Å². The Hall–Kier alpha value is -4.51. The molecule has 0 saturated carbocycles. The van der Waals surface area contributed by atoms with Gasteiger partial charge in [-0.05, 0) is 63.3 Å². The van der Waals surface area contributed by atoms with Gasteiger partial charge < -0.3 is 25.2 Å². The minimum atomic E-state index is -0.717. The van der Waals surface area contributed by atoms with Gasteiger partial charge in [0.15, 0.2) is 11.6 Å². The number of hydrogen-bond donors (Lipinski definition) is 3. The lowest BCUT2D eigenvalue weighted by Crippen LogP contribution is -2.46. The van der Waals surface area contributed by atoms with Crippen LogP contribution in [0.25, 0.3) is 0 Å². The maximum absolute atomic E-state index is 14.7. The normalized spacial score (nSPS) is 13.8. The maximum atomic E-state index is 14.7. The van der Waals surface area contributed by atoms with E-state index in [1.165, 1.54) is 30.5 Å². The molecule has 0 unspecified atom stereocenters. The zero-order valence-corrected chi connectivity index (χ0v) is 21.8. The summed E-state index contributed by atoms with van der Waals surface area (Å²) in [6, 6.07) is 15.6. The molecule has 0 spiro atoms. The summed E-state index contributed by atoms with van der Waals surface area (Å²) < 4.78 is 20.4. The highest BCUT2D eigenvalue weighted by molar-refractivity contribution is 6.08. The number of aromatic nitrogens is 1. The predicted molar refractivity (Wildman–Crippen MR) is 146 cm³/mol. The number of urea groups is 1. The number of rotatable bonds is 8. The summed E-state index contributed by atoms with van der Waals surface area (Å²) in [7, 11) is 3.82. The summed E-state index contributed by atoms with van der Waals surface area (Å²) in [6.45, 7) is 1.86. The Morgan fingerprint density at radius 1 is 0.974 bits per heavy atom. The predicted octanol–water partition coefficient (Wildman–Crippen LogP) is 4.54. The molecule has 1 saturated heterocycles. The minimum Gasteiger partial charge on any atom is -0.454 e. The molecule has 3 aromatic rings. The van der Waals surface area contributed by atoms with E-state index in [-0.39, 0.29) is 35.1 Å². The molecular weight excluding hydrogens is 503 g/mol. The summed E-state index contributed by atoms with van der Waals surface area (Å²) in [6.07, 6.45) is 2.82. The van der Waals surface area contributed by atoms with Gasteiger partial charge in [0, 0.05) is 42.8 Å². The van der Waals surface area contributed by atoms with Crippen molar-refractivity contribution in [3.05, 3.63) is 72.7 Å². The number of carbonyl (C=O) groups is 3. The van der Waals surface area contributed by atoms with Crippen molar-refractivity contribution < 1.29 is 23.5 Å². The molecule has 10 nitrogen and oxygen atoms in total. The highest BCUT2D eigenvalue weighted by Gasteiger charge is 2.24. The Balaban J connectivity index is 1.30. The summed E-state index contributed by atoms with van der Waals surface area (Å²) in [5, 5.41) is 7.88. The Morgan fingerprint density at radius 3 is 2.36 bits per heavy atom. The van der Waals surface area contributed by atoms with Crippen LogP contribution in [0.1, 0.15) is 19.3 Å². The van der Waals surface area contributed by atoms with Gasteiger partial charge in [0.25, 0.3) is 0 Å². The van der Waals surface area contributed by atoms with E-state index in [1.54, 1.807) is 36.2 Å². The van der Waals surface area contributed by atoms with Crippen molar-refractivity contribution in [2.24, 2.45) is 0 Å². The van der Waals surface area contributed by atoms with Crippen molar-refractivity contribution in [3.63, 3.8) is 0 Å². The van der Waals surface area contributed by atoms with Gasteiger partial charge in [-0.1, -0.05) is 18.2 Å². The summed E-state index contributed by atoms with van der Waals surface area (Å²) >= 11 is 0. The van der Waals surface area contributed by atoms with E-state index in [0.29, 0.717) is 5.69 Å². The first-order valence-electron chi connectivity index (χ1n) is 12.6. The van der Waals surface area contributed by atoms with E-state index in [9.17, 15) is 18.8 Å². The van der Waals surface area contributed by atoms with Crippen LogP contribution in [0.4, 0.5) is 26.4 Å². The van der Waals surface area contributed by atoms with Gasteiger partial charge in [-0.2, -0.15) is 0 Å². The zero-order valence-electron chi connectivity index (χ0n) is 21.8. The number of benzene rings is 2. The lowest BCUT2D eigenvalue weighted by atomic mass is 10.0. The van der Waals surface area contributed by atoms with Crippen LogP contribution < -0.4 is 20.7 Å². The number of anilines is 3. The molecule has 4 rings (SSSR count). The highest BCUT2D eigenvalue weighted by atomic mass is 19.1. The van der Waals surface area contributed by atoms with E-state index in [4.69, 9.17) is 4.74 Å². The lowest BCUT2D eigenvalue weighted by molar-refractivity contribution is -0.123. The van der Waals surface area contributed by atoms with Crippen molar-refractivity contribution >= 4 is 35.0 Å². The third-order valence-electron chi connectivity index (χ3n) is 6.34. The second-order valence-electron chi connectivity index (χ2n) is 9.34. The summed E-state index contributed by atoms with van der Waals surface area (Å²) in [4.78, 5) is 45.0. The van der Waals surface area contributed by atoms with Crippen LogP contribution in [0.3, 0.4) is 0 Å². The first-order chi connectivity index (χ1) is 18.8. The van der Waals surface area contributed by atoms with Crippen LogP contribution in [0.15, 0.2) is 66.9 Å². The Kier molecular flexibility index (Phi) is 9.06. The second-order valence-corrected chi connectivity index (χ2v) is 9.34. The van der Waals surface area contributed by atoms with Crippen molar-refractivity contribution in [1.82, 2.24) is 14.8 Å². The van der Waals surface area contributed by atoms with Gasteiger partial charge in [-0.25, -0.2) is 14.2 Å². The fourth-order valence-electron chi connectivity index (χ4n) is 4.15. The van der Waals surface area contributed by atoms with Gasteiger partial charge >= 0.3 is 6.03 Å². The number of carbonyl (C=O) groups excluding carboxylic acids is 3. The quantitative estimate of drug-likeness (QED) is 0.366. The Morgan fingerprint density at radius 2 is 1.67 bits per heavy atom. The molecule has 2 aromatic carbocycles. The fraction of sp³-hybridized carbons (Fsp3) is 0.286. The van der Waals surface area contributed by atoms with Crippen LogP contribution in [-0.2, 0) is 9.59 Å². The lowest BCUT2D eigenvalue weighted by Gasteiger charge is -2.34. The molecule has 204 valence electrons. The summed E-state index contributed by atoms with van der Waals surface area (Å²) in [5.74, 6) is -1.33. The number of pyridine rings is 1. The van der Waals surface area contributed by atoms with Crippen molar-refractivity contribution in [3.8, 4) is 11.5 Å². The third kappa shape index (κ3) is 7.99. The van der Waals surface area contributed by atoms with Crippen molar-refractivity contribution in [2.45, 2.75) is 25.3 Å². The Labute approximate surface area is 226 Å². The van der Waals surface area contributed by atoms with E-state index >= 15 is 0 Å². The van der Waals surface area contributed by atoms with Crippen molar-refractivity contribution in [2.75, 3.05) is 43.1 Å².